The largest absolute Gasteiger partial charge is 0.604 e. The van der Waals surface area contributed by atoms with Crippen LogP contribution in [0, 0.1) is 0 Å². The number of tetrazole rings is 2. The molecule has 0 radical (unpaired) electrons. The molecule has 0 bridgehead atoms. The van der Waals surface area contributed by atoms with E-state index in [1.165, 1.54) is 0 Å². The molecule has 0 aromatic carbocycles. The summed E-state index contributed by atoms with van der Waals surface area (Å²) in [6, 6.07) is 7.74. The molecule has 0 atom stereocenters. The van der Waals surface area contributed by atoms with Gasteiger partial charge in [-0.25, -0.2) is 19.3 Å². The second-order valence-corrected chi connectivity index (χ2v) is 10.7. The Morgan fingerprint density at radius 3 is 1.68 bits per heavy atom. The van der Waals surface area contributed by atoms with E-state index in [0.717, 1.165) is 58.6 Å². The predicted molar refractivity (Wildman–Crippen MR) is 129 cm³/mol. The lowest BCUT2D eigenvalue weighted by molar-refractivity contribution is 0.583. The third-order valence-electron chi connectivity index (χ3n) is 4.86. The minimum atomic E-state index is -1.46. The number of thioether (sulfide) groups is 2. The smallest absolute Gasteiger partial charge is 0.255 e. The van der Waals surface area contributed by atoms with Crippen molar-refractivity contribution in [3.63, 3.8) is 0 Å². The molecule has 0 saturated heterocycles. The number of hydrogen-bond donors (Lipinski definition) is 0. The van der Waals surface area contributed by atoms with Gasteiger partial charge in [-0.15, -0.1) is 10.2 Å². The molecule has 0 unspecified atom stereocenters. The summed E-state index contributed by atoms with van der Waals surface area (Å²) < 4.78 is 16.8. The van der Waals surface area contributed by atoms with Gasteiger partial charge in [0.15, 0.2) is 0 Å². The number of hydrogen-bond acceptors (Lipinski definition) is 11. The summed E-state index contributed by atoms with van der Waals surface area (Å²) in [6.45, 7) is 0. The lowest BCUT2D eigenvalue weighted by atomic mass is 10.2. The highest BCUT2D eigenvalue weighted by molar-refractivity contribution is 7.99. The zero-order valence-corrected chi connectivity index (χ0v) is 21.3. The van der Waals surface area contributed by atoms with Crippen molar-refractivity contribution < 1.29 is 4.55 Å². The molecule has 0 spiro atoms. The zero-order valence-electron chi connectivity index (χ0n) is 18.8. The topological polar surface area (TPSA) is 136 Å². The van der Waals surface area contributed by atoms with Gasteiger partial charge < -0.3 is 4.55 Å². The van der Waals surface area contributed by atoms with Crippen LogP contribution in [0.1, 0.15) is 24.0 Å². The maximum Gasteiger partial charge on any atom is 0.255 e. The van der Waals surface area contributed by atoms with E-state index in [2.05, 4.69) is 41.0 Å². The fraction of sp³-hybridized carbons (Fsp3) is 0.400. The van der Waals surface area contributed by atoms with Crippen molar-refractivity contribution in [2.45, 2.75) is 46.0 Å². The fourth-order valence-electron chi connectivity index (χ4n) is 3.19. The highest BCUT2D eigenvalue weighted by Gasteiger charge is 2.25. The minimum Gasteiger partial charge on any atom is -0.604 e. The van der Waals surface area contributed by atoms with Crippen LogP contribution in [0.5, 0.6) is 0 Å². The Morgan fingerprint density at radius 1 is 0.794 bits per heavy atom. The van der Waals surface area contributed by atoms with Crippen molar-refractivity contribution in [1.29, 1.82) is 0 Å². The Kier molecular flexibility index (Phi) is 8.85. The van der Waals surface area contributed by atoms with E-state index < -0.39 is 11.2 Å². The first kappa shape index (κ1) is 24.6. The second kappa shape index (κ2) is 12.2. The van der Waals surface area contributed by atoms with Gasteiger partial charge in [0.1, 0.15) is 0 Å². The van der Waals surface area contributed by atoms with E-state index in [1.54, 1.807) is 45.3 Å². The predicted octanol–water partition coefficient (Wildman–Crippen LogP) is 2.14. The van der Waals surface area contributed by atoms with Gasteiger partial charge in [-0.05, 0) is 58.7 Å². The van der Waals surface area contributed by atoms with Crippen LogP contribution in [0.4, 0.5) is 0 Å². The Bertz CT molecular complexity index is 1110. The van der Waals surface area contributed by atoms with Gasteiger partial charge in [0, 0.05) is 49.1 Å². The van der Waals surface area contributed by atoms with Crippen LogP contribution >= 0.6 is 23.5 Å². The number of rotatable bonds is 12. The van der Waals surface area contributed by atoms with Crippen molar-refractivity contribution >= 4 is 34.7 Å². The van der Waals surface area contributed by atoms with Crippen LogP contribution in [-0.4, -0.2) is 66.4 Å². The first-order valence-corrected chi connectivity index (χ1v) is 13.8. The van der Waals surface area contributed by atoms with Crippen molar-refractivity contribution in [2.24, 2.45) is 14.1 Å². The third-order valence-corrected chi connectivity index (χ3v) is 8.49. The van der Waals surface area contributed by atoms with E-state index >= 15 is 0 Å². The minimum absolute atomic E-state index is 0.576. The summed E-state index contributed by atoms with van der Waals surface area (Å²) in [5.41, 5.74) is 1.94. The van der Waals surface area contributed by atoms with Crippen molar-refractivity contribution in [3.8, 4) is 0 Å². The first-order valence-electron chi connectivity index (χ1n) is 10.6. The summed E-state index contributed by atoms with van der Waals surface area (Å²) in [4.78, 5) is 8.93. The maximum atomic E-state index is 13.5. The Balaban J connectivity index is 1.37. The van der Waals surface area contributed by atoms with Gasteiger partial charge >= 0.3 is 0 Å². The lowest BCUT2D eigenvalue weighted by Gasteiger charge is -2.14. The number of aryl methyl sites for hydroxylation is 4. The highest BCUT2D eigenvalue weighted by Crippen LogP contribution is 2.26. The summed E-state index contributed by atoms with van der Waals surface area (Å²) >= 11 is 1.74. The molecule has 0 N–H and O–H groups in total. The molecule has 14 heteroatoms. The summed E-state index contributed by atoms with van der Waals surface area (Å²) in [6.07, 6.45) is 6.67. The van der Waals surface area contributed by atoms with Gasteiger partial charge in [-0.3, -0.25) is 0 Å². The molecule has 178 valence electrons. The van der Waals surface area contributed by atoms with Gasteiger partial charge in [0.2, 0.25) is 10.3 Å². The SMILES string of the molecule is Cn1nnnc1SCCCc1cccnc1[S+]([O-])c1ncccc1CCCSc1nnnn1C. The Morgan fingerprint density at radius 2 is 1.26 bits per heavy atom. The molecule has 0 aliphatic carbocycles. The number of nitrogens with zero attached hydrogens (tertiary/aromatic N) is 10. The maximum absolute atomic E-state index is 13.5. The molecule has 4 rings (SSSR count). The molecular formula is C20H24N10OS3. The second-order valence-electron chi connectivity index (χ2n) is 7.28. The van der Waals surface area contributed by atoms with Crippen LogP contribution in [0.2, 0.25) is 0 Å². The molecule has 4 aromatic heterocycles. The van der Waals surface area contributed by atoms with Gasteiger partial charge in [-0.2, -0.15) is 0 Å². The summed E-state index contributed by atoms with van der Waals surface area (Å²) in [5, 5.41) is 25.7. The standard InChI is InChI=1S/C20H24N10OS3/c1-29-19(23-25-27-29)32-13-5-9-15-7-3-11-21-17(15)34(31)18-16(8-4-12-22-18)10-6-14-33-20-24-26-28-30(20)2/h3-4,7-8,11-12H,5-6,9-10,13-14H2,1-2H3. The van der Waals surface area contributed by atoms with E-state index in [9.17, 15) is 4.55 Å². The van der Waals surface area contributed by atoms with Crippen LogP contribution in [-0.2, 0) is 38.1 Å². The van der Waals surface area contributed by atoms with Crippen molar-refractivity contribution in [2.75, 3.05) is 11.5 Å². The van der Waals surface area contributed by atoms with Crippen LogP contribution in [0.15, 0.2) is 57.0 Å². The summed E-state index contributed by atoms with van der Waals surface area (Å²) in [5.74, 6) is 1.70. The zero-order chi connectivity index (χ0) is 23.8. The quantitative estimate of drug-likeness (QED) is 0.156. The average Bonchev–Trinajstić information content (AvgIpc) is 3.47. The Hall–Kier alpha value is -2.55. The molecule has 4 aromatic rings. The fourth-order valence-corrected chi connectivity index (χ4v) is 6.08. The number of aromatic nitrogens is 10. The molecule has 4 heterocycles. The van der Waals surface area contributed by atoms with Gasteiger partial charge in [0.05, 0.1) is 11.2 Å². The molecule has 0 saturated carbocycles. The van der Waals surface area contributed by atoms with Gasteiger partial charge in [-0.1, -0.05) is 35.7 Å². The van der Waals surface area contributed by atoms with E-state index in [1.807, 2.05) is 38.4 Å². The van der Waals surface area contributed by atoms with E-state index in [4.69, 9.17) is 0 Å². The molecule has 0 fully saturated rings. The third kappa shape index (κ3) is 6.31. The van der Waals surface area contributed by atoms with Crippen molar-refractivity contribution in [3.05, 3.63) is 47.8 Å². The van der Waals surface area contributed by atoms with Crippen molar-refractivity contribution in [1.82, 2.24) is 50.4 Å². The summed E-state index contributed by atoms with van der Waals surface area (Å²) in [7, 11) is 3.64. The van der Waals surface area contributed by atoms with E-state index in [0.29, 0.717) is 10.1 Å². The molecule has 34 heavy (non-hydrogen) atoms. The Labute approximate surface area is 208 Å². The van der Waals surface area contributed by atoms with Crippen LogP contribution < -0.4 is 0 Å². The van der Waals surface area contributed by atoms with Crippen LogP contribution in [0.25, 0.3) is 0 Å². The molecule has 0 aliphatic heterocycles. The normalized spacial score (nSPS) is 11.4. The first-order chi connectivity index (χ1) is 16.6. The number of pyridine rings is 2. The lowest BCUT2D eigenvalue weighted by Crippen LogP contribution is -2.13. The molecule has 0 amide bonds. The van der Waals surface area contributed by atoms with Crippen LogP contribution in [0.3, 0.4) is 0 Å². The average molecular weight is 517 g/mol. The van der Waals surface area contributed by atoms with E-state index in [-0.39, 0.29) is 0 Å². The molecule has 0 aliphatic rings. The highest BCUT2D eigenvalue weighted by atomic mass is 32.2. The van der Waals surface area contributed by atoms with Gasteiger partial charge in [0.25, 0.3) is 10.1 Å². The molecular weight excluding hydrogens is 492 g/mol. The monoisotopic (exact) mass is 516 g/mol. The molecule has 11 nitrogen and oxygen atoms in total.